The maximum absolute atomic E-state index is 11.9. The highest BCUT2D eigenvalue weighted by Crippen LogP contribution is 2.18. The van der Waals surface area contributed by atoms with Crippen LogP contribution in [0.15, 0.2) is 47.6 Å². The van der Waals surface area contributed by atoms with Crippen LogP contribution >= 0.6 is 0 Å². The fraction of sp³-hybridized carbons (Fsp3) is 0.286. The quantitative estimate of drug-likeness (QED) is 0.485. The number of carboxylic acid groups (broad SMARTS) is 1. The van der Waals surface area contributed by atoms with Crippen molar-refractivity contribution in [3.63, 3.8) is 0 Å². The summed E-state index contributed by atoms with van der Waals surface area (Å²) in [5.74, 6) is 0.103. The topological polar surface area (TPSA) is 97.2 Å². The number of nitrogens with zero attached hydrogens (tertiary/aromatic N) is 1. The Hall–Kier alpha value is -3.35. The molecule has 0 atom stereocenters. The van der Waals surface area contributed by atoms with Crippen LogP contribution in [0.25, 0.3) is 0 Å². The smallest absolute Gasteiger partial charge is 0.341 e. The van der Waals surface area contributed by atoms with Gasteiger partial charge in [0.2, 0.25) is 5.91 Å². The van der Waals surface area contributed by atoms with E-state index in [2.05, 4.69) is 10.5 Å². The van der Waals surface area contributed by atoms with Crippen LogP contribution in [0, 0.1) is 6.92 Å². The molecule has 0 radical (unpaired) electrons. The zero-order valence-corrected chi connectivity index (χ0v) is 16.0. The maximum Gasteiger partial charge on any atom is 0.341 e. The minimum absolute atomic E-state index is 0.149. The molecule has 0 spiro atoms. The predicted molar refractivity (Wildman–Crippen MR) is 106 cm³/mol. The van der Waals surface area contributed by atoms with Gasteiger partial charge in [-0.25, -0.2) is 10.2 Å². The fourth-order valence-corrected chi connectivity index (χ4v) is 2.55. The van der Waals surface area contributed by atoms with E-state index in [0.29, 0.717) is 12.2 Å². The highest BCUT2D eigenvalue weighted by Gasteiger charge is 2.04. The Labute approximate surface area is 164 Å². The Kier molecular flexibility index (Phi) is 8.02. The average Bonchev–Trinajstić information content (AvgIpc) is 2.68. The Balaban J connectivity index is 1.72. The van der Waals surface area contributed by atoms with Crippen LogP contribution in [0.4, 0.5) is 0 Å². The Bertz CT molecular complexity index is 831. The molecule has 0 fully saturated rings. The number of aliphatic carboxylic acids is 1. The number of methoxy groups -OCH3 is 1. The van der Waals surface area contributed by atoms with Gasteiger partial charge in [0.15, 0.2) is 6.61 Å². The third-order valence-electron chi connectivity index (χ3n) is 4.04. The SMILES string of the molecule is COc1ccc(CCCC(=O)N/N=C\c2ccc(OCC(=O)O)cc2)c(C)c1. The summed E-state index contributed by atoms with van der Waals surface area (Å²) >= 11 is 0. The second-order valence-electron chi connectivity index (χ2n) is 6.19. The number of rotatable bonds is 10. The summed E-state index contributed by atoms with van der Waals surface area (Å²) in [7, 11) is 1.64. The lowest BCUT2D eigenvalue weighted by Gasteiger charge is -2.07. The molecule has 28 heavy (non-hydrogen) atoms. The molecule has 0 heterocycles. The molecule has 0 aliphatic heterocycles. The van der Waals surface area contributed by atoms with Crippen molar-refractivity contribution in [1.82, 2.24) is 5.43 Å². The van der Waals surface area contributed by atoms with E-state index in [0.717, 1.165) is 29.7 Å². The Morgan fingerprint density at radius 3 is 2.50 bits per heavy atom. The first-order valence-electron chi connectivity index (χ1n) is 8.88. The number of ether oxygens (including phenoxy) is 2. The summed E-state index contributed by atoms with van der Waals surface area (Å²) in [5, 5.41) is 12.5. The molecule has 2 rings (SSSR count). The third kappa shape index (κ3) is 7.11. The average molecular weight is 384 g/mol. The molecule has 0 bridgehead atoms. The van der Waals surface area contributed by atoms with Gasteiger partial charge in [0.1, 0.15) is 11.5 Å². The minimum Gasteiger partial charge on any atom is -0.497 e. The zero-order chi connectivity index (χ0) is 20.4. The number of carboxylic acids is 1. The largest absolute Gasteiger partial charge is 0.497 e. The number of nitrogens with one attached hydrogen (secondary N) is 1. The van der Waals surface area contributed by atoms with E-state index in [4.69, 9.17) is 14.6 Å². The number of carbonyl (C=O) groups is 2. The molecule has 0 saturated heterocycles. The molecule has 7 nitrogen and oxygen atoms in total. The molecule has 1 amide bonds. The van der Waals surface area contributed by atoms with Gasteiger partial charge in [0.25, 0.3) is 0 Å². The monoisotopic (exact) mass is 384 g/mol. The fourth-order valence-electron chi connectivity index (χ4n) is 2.55. The van der Waals surface area contributed by atoms with Gasteiger partial charge >= 0.3 is 5.97 Å². The lowest BCUT2D eigenvalue weighted by atomic mass is 10.0. The molecule has 0 aliphatic carbocycles. The number of carbonyl (C=O) groups excluding carboxylic acids is 1. The molecule has 2 aromatic carbocycles. The normalized spacial score (nSPS) is 10.6. The van der Waals surface area contributed by atoms with Crippen molar-refractivity contribution in [2.24, 2.45) is 5.10 Å². The minimum atomic E-state index is -1.03. The number of amides is 1. The molecule has 0 unspecified atom stereocenters. The number of benzene rings is 2. The number of hydrogen-bond donors (Lipinski definition) is 2. The van der Waals surface area contributed by atoms with Crippen LogP contribution < -0.4 is 14.9 Å². The van der Waals surface area contributed by atoms with Crippen molar-refractivity contribution in [2.45, 2.75) is 26.2 Å². The van der Waals surface area contributed by atoms with Gasteiger partial charge in [0, 0.05) is 6.42 Å². The van der Waals surface area contributed by atoms with Gasteiger partial charge in [-0.3, -0.25) is 4.79 Å². The highest BCUT2D eigenvalue weighted by atomic mass is 16.5. The van der Waals surface area contributed by atoms with Crippen molar-refractivity contribution in [1.29, 1.82) is 0 Å². The third-order valence-corrected chi connectivity index (χ3v) is 4.04. The summed E-state index contributed by atoms with van der Waals surface area (Å²) in [6.45, 7) is 1.64. The lowest BCUT2D eigenvalue weighted by Crippen LogP contribution is -2.17. The van der Waals surface area contributed by atoms with E-state index in [9.17, 15) is 9.59 Å². The summed E-state index contributed by atoms with van der Waals surface area (Å²) in [4.78, 5) is 22.3. The van der Waals surface area contributed by atoms with Crippen LogP contribution in [0.3, 0.4) is 0 Å². The second-order valence-corrected chi connectivity index (χ2v) is 6.19. The maximum atomic E-state index is 11.9. The number of hydrazone groups is 1. The zero-order valence-electron chi connectivity index (χ0n) is 16.0. The highest BCUT2D eigenvalue weighted by molar-refractivity contribution is 5.82. The van der Waals surface area contributed by atoms with Crippen LogP contribution in [-0.4, -0.2) is 36.9 Å². The number of hydrogen-bond acceptors (Lipinski definition) is 5. The second kappa shape index (κ2) is 10.7. The Morgan fingerprint density at radius 2 is 1.86 bits per heavy atom. The van der Waals surface area contributed by atoms with Crippen LogP contribution in [-0.2, 0) is 16.0 Å². The van der Waals surface area contributed by atoms with Gasteiger partial charge in [-0.05, 0) is 72.9 Å². The van der Waals surface area contributed by atoms with E-state index in [1.165, 1.54) is 11.8 Å². The van der Waals surface area contributed by atoms with Crippen molar-refractivity contribution in [3.05, 3.63) is 59.2 Å². The molecule has 0 aliphatic rings. The van der Waals surface area contributed by atoms with Gasteiger partial charge in [0.05, 0.1) is 13.3 Å². The summed E-state index contributed by atoms with van der Waals surface area (Å²) in [6, 6.07) is 12.7. The Morgan fingerprint density at radius 1 is 1.14 bits per heavy atom. The molecule has 7 heteroatoms. The molecular formula is C21H24N2O5. The standard InChI is InChI=1S/C21H24N2O5/c1-15-12-19(27-2)11-8-17(15)4-3-5-20(24)23-22-13-16-6-9-18(10-7-16)28-14-21(25)26/h6-13H,3-5,14H2,1-2H3,(H,23,24)(H,25,26)/b22-13-. The van der Waals surface area contributed by atoms with E-state index in [1.54, 1.807) is 31.4 Å². The van der Waals surface area contributed by atoms with Crippen molar-refractivity contribution in [2.75, 3.05) is 13.7 Å². The van der Waals surface area contributed by atoms with Gasteiger partial charge in [-0.2, -0.15) is 5.10 Å². The molecule has 0 saturated carbocycles. The molecule has 2 aromatic rings. The van der Waals surface area contributed by atoms with E-state index < -0.39 is 5.97 Å². The first kappa shape index (κ1) is 21.0. The van der Waals surface area contributed by atoms with Crippen LogP contribution in [0.2, 0.25) is 0 Å². The van der Waals surface area contributed by atoms with E-state index >= 15 is 0 Å². The van der Waals surface area contributed by atoms with Crippen LogP contribution in [0.5, 0.6) is 11.5 Å². The summed E-state index contributed by atoms with van der Waals surface area (Å²) < 4.78 is 10.2. The van der Waals surface area contributed by atoms with E-state index in [1.807, 2.05) is 25.1 Å². The van der Waals surface area contributed by atoms with Gasteiger partial charge in [-0.15, -0.1) is 0 Å². The molecule has 2 N–H and O–H groups in total. The van der Waals surface area contributed by atoms with Gasteiger partial charge < -0.3 is 14.6 Å². The predicted octanol–water partition coefficient (Wildman–Crippen LogP) is 2.94. The first-order chi connectivity index (χ1) is 13.5. The molecule has 0 aromatic heterocycles. The van der Waals surface area contributed by atoms with Crippen molar-refractivity contribution < 1.29 is 24.2 Å². The van der Waals surface area contributed by atoms with Crippen LogP contribution in [0.1, 0.15) is 29.5 Å². The summed E-state index contributed by atoms with van der Waals surface area (Å²) in [5.41, 5.74) is 5.61. The van der Waals surface area contributed by atoms with Crippen molar-refractivity contribution in [3.8, 4) is 11.5 Å². The van der Waals surface area contributed by atoms with E-state index in [-0.39, 0.29) is 12.5 Å². The molecular weight excluding hydrogens is 360 g/mol. The first-order valence-corrected chi connectivity index (χ1v) is 8.88. The summed E-state index contributed by atoms with van der Waals surface area (Å²) in [6.07, 6.45) is 3.44. The number of aryl methyl sites for hydroxylation is 2. The van der Waals surface area contributed by atoms with Gasteiger partial charge in [-0.1, -0.05) is 6.07 Å². The lowest BCUT2D eigenvalue weighted by molar-refractivity contribution is -0.139. The molecule has 148 valence electrons. The van der Waals surface area contributed by atoms with Crippen molar-refractivity contribution >= 4 is 18.1 Å².